The molecule has 2 aromatic carbocycles. The summed E-state index contributed by atoms with van der Waals surface area (Å²) in [4.78, 5) is 39.7. The van der Waals surface area contributed by atoms with E-state index in [4.69, 9.17) is 9.84 Å². The monoisotopic (exact) mass is 489 g/mol. The number of hydrogen-bond donors (Lipinski definition) is 3. The highest BCUT2D eigenvalue weighted by Gasteiger charge is 2.29. The molecule has 5 rings (SSSR count). The molecule has 1 aliphatic carbocycles. The van der Waals surface area contributed by atoms with Gasteiger partial charge in [0.25, 0.3) is 5.91 Å². The van der Waals surface area contributed by atoms with Gasteiger partial charge in [0.05, 0.1) is 11.9 Å². The Morgan fingerprint density at radius 2 is 1.71 bits per heavy atom. The fourth-order valence-electron chi connectivity index (χ4n) is 4.01. The van der Waals surface area contributed by atoms with Gasteiger partial charge in [-0.1, -0.05) is 48.5 Å². The number of nitrogens with zero attached hydrogens (tertiary/aromatic N) is 3. The van der Waals surface area contributed by atoms with Gasteiger partial charge in [0, 0.05) is 17.5 Å². The van der Waals surface area contributed by atoms with Crippen LogP contribution in [0.2, 0.25) is 0 Å². The Balaban J connectivity index is 1.18. The van der Waals surface area contributed by atoms with E-state index in [1.807, 2.05) is 36.4 Å². The molecule has 11 heteroatoms. The molecule has 3 N–H and O–H groups in total. The number of rotatable bonds is 7. The Kier molecular flexibility index (Phi) is 5.98. The summed E-state index contributed by atoms with van der Waals surface area (Å²) in [6.45, 7) is -0.153. The van der Waals surface area contributed by atoms with Crippen molar-refractivity contribution >= 4 is 40.1 Å². The minimum atomic E-state index is -1.05. The first-order valence-electron chi connectivity index (χ1n) is 10.6. The van der Waals surface area contributed by atoms with E-state index >= 15 is 0 Å². The summed E-state index contributed by atoms with van der Waals surface area (Å²) < 4.78 is 6.68. The molecule has 2 amide bonds. The molecule has 0 spiro atoms. The van der Waals surface area contributed by atoms with E-state index in [0.29, 0.717) is 5.69 Å². The molecule has 0 aliphatic heterocycles. The highest BCUT2D eigenvalue weighted by atomic mass is 32.1. The summed E-state index contributed by atoms with van der Waals surface area (Å²) in [5.74, 6) is -1.63. The van der Waals surface area contributed by atoms with E-state index in [1.165, 1.54) is 22.5 Å². The molecule has 0 saturated heterocycles. The second kappa shape index (κ2) is 9.39. The molecule has 4 aromatic rings. The number of amides is 2. The van der Waals surface area contributed by atoms with Crippen molar-refractivity contribution in [2.75, 3.05) is 17.2 Å². The maximum Gasteiger partial charge on any atom is 0.413 e. The van der Waals surface area contributed by atoms with E-state index in [-0.39, 0.29) is 29.9 Å². The molecule has 0 atom stereocenters. The van der Waals surface area contributed by atoms with Crippen LogP contribution in [-0.4, -0.2) is 44.4 Å². The molecule has 2 aromatic heterocycles. The van der Waals surface area contributed by atoms with Gasteiger partial charge < -0.3 is 15.2 Å². The number of aliphatic carboxylic acids is 1. The van der Waals surface area contributed by atoms with Crippen LogP contribution < -0.4 is 10.6 Å². The topological polar surface area (TPSA) is 135 Å². The van der Waals surface area contributed by atoms with Crippen molar-refractivity contribution in [3.63, 3.8) is 0 Å². The Labute approximate surface area is 203 Å². The highest BCUT2D eigenvalue weighted by molar-refractivity contribution is 7.14. The Bertz CT molecular complexity index is 1380. The number of ether oxygens (including phenoxy) is 1. The summed E-state index contributed by atoms with van der Waals surface area (Å²) in [5.41, 5.74) is 4.93. The largest absolute Gasteiger partial charge is 0.480 e. The van der Waals surface area contributed by atoms with Crippen molar-refractivity contribution in [1.82, 2.24) is 14.8 Å². The molecular formula is C24H19N5O5S. The molecule has 0 radical (unpaired) electrons. The van der Waals surface area contributed by atoms with Crippen molar-refractivity contribution in [2.24, 2.45) is 0 Å². The maximum atomic E-state index is 12.4. The minimum Gasteiger partial charge on any atom is -0.480 e. The van der Waals surface area contributed by atoms with Crippen LogP contribution in [0.5, 0.6) is 0 Å². The zero-order chi connectivity index (χ0) is 24.4. The van der Waals surface area contributed by atoms with Gasteiger partial charge >= 0.3 is 12.1 Å². The zero-order valence-electron chi connectivity index (χ0n) is 18.2. The molecule has 0 fully saturated rings. The first-order valence-corrected chi connectivity index (χ1v) is 11.5. The quantitative estimate of drug-likeness (QED) is 0.356. The van der Waals surface area contributed by atoms with Crippen molar-refractivity contribution in [3.8, 4) is 11.1 Å². The van der Waals surface area contributed by atoms with Gasteiger partial charge in [-0.25, -0.2) is 9.78 Å². The fraction of sp³-hybridized carbons (Fsp3) is 0.125. The number of nitrogens with one attached hydrogen (secondary N) is 2. The standard InChI is InChI=1S/C24H19N5O5S/c30-21(31)11-29-10-14(9-25-29)26-22(32)20-13-35-23(27-20)28-24(33)34-12-19-17-7-3-1-5-15(17)16-6-2-4-8-18(16)19/h1-10,13,19H,11-12H2,(H,26,32)(H,30,31)(H,27,28,33). The number of fused-ring (bicyclic) bond motifs is 3. The first-order chi connectivity index (χ1) is 17.0. The van der Waals surface area contributed by atoms with Crippen molar-refractivity contribution in [3.05, 3.63) is 83.1 Å². The predicted octanol–water partition coefficient (Wildman–Crippen LogP) is 4.04. The first kappa shape index (κ1) is 22.3. The van der Waals surface area contributed by atoms with Gasteiger partial charge in [-0.15, -0.1) is 11.3 Å². The third-order valence-electron chi connectivity index (χ3n) is 5.48. The smallest absolute Gasteiger partial charge is 0.413 e. The van der Waals surface area contributed by atoms with Crippen molar-refractivity contribution < 1.29 is 24.2 Å². The van der Waals surface area contributed by atoms with E-state index < -0.39 is 18.0 Å². The van der Waals surface area contributed by atoms with Crippen LogP contribution in [0, 0.1) is 0 Å². The molecule has 1 aliphatic rings. The molecule has 2 heterocycles. The van der Waals surface area contributed by atoms with Crippen molar-refractivity contribution in [1.29, 1.82) is 0 Å². The van der Waals surface area contributed by atoms with Gasteiger partial charge in [-0.2, -0.15) is 5.10 Å². The summed E-state index contributed by atoms with van der Waals surface area (Å²) in [6, 6.07) is 16.1. The number of carbonyl (C=O) groups is 3. The molecular weight excluding hydrogens is 470 g/mol. The summed E-state index contributed by atoms with van der Waals surface area (Å²) >= 11 is 1.08. The summed E-state index contributed by atoms with van der Waals surface area (Å²) in [7, 11) is 0. The lowest BCUT2D eigenvalue weighted by Crippen LogP contribution is -2.18. The number of hydrogen-bond acceptors (Lipinski definition) is 7. The van der Waals surface area contributed by atoms with Crippen molar-refractivity contribution in [2.45, 2.75) is 12.5 Å². The molecule has 0 bridgehead atoms. The molecule has 10 nitrogen and oxygen atoms in total. The van der Waals surface area contributed by atoms with Gasteiger partial charge in [-0.05, 0) is 22.3 Å². The normalized spacial score (nSPS) is 12.0. The van der Waals surface area contributed by atoms with Crippen LogP contribution in [0.1, 0.15) is 27.5 Å². The van der Waals surface area contributed by atoms with E-state index in [0.717, 1.165) is 33.6 Å². The van der Waals surface area contributed by atoms with Crippen LogP contribution in [-0.2, 0) is 16.1 Å². The lowest BCUT2D eigenvalue weighted by Gasteiger charge is -2.14. The Morgan fingerprint density at radius 1 is 1.03 bits per heavy atom. The van der Waals surface area contributed by atoms with Gasteiger partial charge in [0.15, 0.2) is 5.13 Å². The lowest BCUT2D eigenvalue weighted by molar-refractivity contribution is -0.137. The molecule has 0 saturated carbocycles. The number of anilines is 2. The van der Waals surface area contributed by atoms with Crippen LogP contribution in [0.15, 0.2) is 66.3 Å². The summed E-state index contributed by atoms with van der Waals surface area (Å²) in [6.07, 6.45) is 2.07. The molecule has 176 valence electrons. The molecule has 0 unspecified atom stereocenters. The SMILES string of the molecule is O=C(O)Cn1cc(NC(=O)c2csc(NC(=O)OCC3c4ccccc4-c4ccccc43)n2)cn1. The number of carboxylic acids is 1. The number of benzene rings is 2. The Morgan fingerprint density at radius 3 is 2.40 bits per heavy atom. The molecule has 35 heavy (non-hydrogen) atoms. The third kappa shape index (κ3) is 4.75. The van der Waals surface area contributed by atoms with Crippen LogP contribution in [0.25, 0.3) is 11.1 Å². The van der Waals surface area contributed by atoms with Crippen LogP contribution in [0.4, 0.5) is 15.6 Å². The number of carbonyl (C=O) groups excluding carboxylic acids is 2. The van der Waals surface area contributed by atoms with E-state index in [2.05, 4.69) is 32.8 Å². The minimum absolute atomic E-state index is 0.0622. The third-order valence-corrected chi connectivity index (χ3v) is 6.24. The average Bonchev–Trinajstić information content (AvgIpc) is 3.55. The number of thiazole rings is 1. The Hall–Kier alpha value is -4.51. The second-order valence-electron chi connectivity index (χ2n) is 7.76. The highest BCUT2D eigenvalue weighted by Crippen LogP contribution is 2.44. The number of carboxylic acid groups (broad SMARTS) is 1. The number of aromatic nitrogens is 3. The van der Waals surface area contributed by atoms with Gasteiger partial charge in [0.1, 0.15) is 18.8 Å². The van der Waals surface area contributed by atoms with E-state index in [1.54, 1.807) is 0 Å². The zero-order valence-corrected chi connectivity index (χ0v) is 19.0. The van der Waals surface area contributed by atoms with E-state index in [9.17, 15) is 14.4 Å². The fourth-order valence-corrected chi connectivity index (χ4v) is 4.68. The predicted molar refractivity (Wildman–Crippen MR) is 129 cm³/mol. The lowest BCUT2D eigenvalue weighted by atomic mass is 9.98. The van der Waals surface area contributed by atoms with Crippen LogP contribution >= 0.6 is 11.3 Å². The summed E-state index contributed by atoms with van der Waals surface area (Å²) in [5, 5.41) is 19.5. The maximum absolute atomic E-state index is 12.4. The van der Waals surface area contributed by atoms with Crippen LogP contribution in [0.3, 0.4) is 0 Å². The van der Waals surface area contributed by atoms with Gasteiger partial charge in [0.2, 0.25) is 0 Å². The average molecular weight is 490 g/mol. The van der Waals surface area contributed by atoms with Gasteiger partial charge in [-0.3, -0.25) is 19.6 Å². The second-order valence-corrected chi connectivity index (χ2v) is 8.62.